The Kier molecular flexibility index (Phi) is 6.91. The van der Waals surface area contributed by atoms with Crippen LogP contribution in [0.5, 0.6) is 0 Å². The molecule has 0 saturated carbocycles. The molecule has 5 heteroatoms. The van der Waals surface area contributed by atoms with E-state index in [4.69, 9.17) is 9.84 Å². The van der Waals surface area contributed by atoms with Gasteiger partial charge in [-0.15, -0.1) is 0 Å². The lowest BCUT2D eigenvalue weighted by atomic mass is 9.85. The molecule has 0 aromatic heterocycles. The van der Waals surface area contributed by atoms with Crippen LogP contribution in [0.15, 0.2) is 0 Å². The summed E-state index contributed by atoms with van der Waals surface area (Å²) in [6.45, 7) is 8.49. The largest absolute Gasteiger partial charge is 0.481 e. The van der Waals surface area contributed by atoms with Crippen molar-refractivity contribution < 1.29 is 19.4 Å². The molecule has 18 heavy (non-hydrogen) atoms. The van der Waals surface area contributed by atoms with E-state index in [9.17, 15) is 9.59 Å². The standard InChI is InChI=1S/C13H25NO4/c1-10(2)18-7-6-14(5)11(15)8-13(3,4)9-12(16)17/h10H,6-9H2,1-5H3,(H,16,17). The van der Waals surface area contributed by atoms with E-state index in [1.54, 1.807) is 25.8 Å². The average molecular weight is 259 g/mol. The fourth-order valence-electron chi connectivity index (χ4n) is 1.57. The quantitative estimate of drug-likeness (QED) is 0.721. The highest BCUT2D eigenvalue weighted by atomic mass is 16.5. The monoisotopic (exact) mass is 259 g/mol. The molecule has 0 radical (unpaired) electrons. The van der Waals surface area contributed by atoms with Crippen molar-refractivity contribution in [3.05, 3.63) is 0 Å². The van der Waals surface area contributed by atoms with Gasteiger partial charge in [0.15, 0.2) is 0 Å². The second-order valence-corrected chi connectivity index (χ2v) is 5.65. The molecule has 0 aliphatic rings. The second-order valence-electron chi connectivity index (χ2n) is 5.65. The zero-order chi connectivity index (χ0) is 14.3. The van der Waals surface area contributed by atoms with Crippen LogP contribution in [0, 0.1) is 5.41 Å². The summed E-state index contributed by atoms with van der Waals surface area (Å²) in [5, 5.41) is 8.76. The lowest BCUT2D eigenvalue weighted by molar-refractivity contribution is -0.140. The summed E-state index contributed by atoms with van der Waals surface area (Å²) in [5.74, 6) is -0.924. The minimum Gasteiger partial charge on any atom is -0.481 e. The summed E-state index contributed by atoms with van der Waals surface area (Å²) in [7, 11) is 1.71. The number of hydrogen-bond acceptors (Lipinski definition) is 3. The Hall–Kier alpha value is -1.10. The molecular weight excluding hydrogens is 234 g/mol. The number of carbonyl (C=O) groups excluding carboxylic acids is 1. The molecular formula is C13H25NO4. The first-order chi connectivity index (χ1) is 8.14. The van der Waals surface area contributed by atoms with Crippen LogP contribution in [0.1, 0.15) is 40.5 Å². The van der Waals surface area contributed by atoms with Crippen molar-refractivity contribution in [2.24, 2.45) is 5.41 Å². The number of nitrogens with zero attached hydrogens (tertiary/aromatic N) is 1. The highest BCUT2D eigenvalue weighted by Crippen LogP contribution is 2.25. The molecule has 0 aliphatic heterocycles. The molecule has 0 saturated heterocycles. The Morgan fingerprint density at radius 2 is 1.83 bits per heavy atom. The number of likely N-dealkylation sites (N-methyl/N-ethyl adjacent to an activating group) is 1. The van der Waals surface area contributed by atoms with E-state index in [-0.39, 0.29) is 24.9 Å². The third-order valence-electron chi connectivity index (χ3n) is 2.56. The van der Waals surface area contributed by atoms with Gasteiger partial charge in [-0.1, -0.05) is 13.8 Å². The van der Waals surface area contributed by atoms with Gasteiger partial charge in [-0.2, -0.15) is 0 Å². The molecule has 0 aromatic carbocycles. The van der Waals surface area contributed by atoms with E-state index < -0.39 is 11.4 Å². The Morgan fingerprint density at radius 1 is 1.28 bits per heavy atom. The summed E-state index contributed by atoms with van der Waals surface area (Å²) in [6.07, 6.45) is 0.379. The van der Waals surface area contributed by atoms with Crippen molar-refractivity contribution in [3.63, 3.8) is 0 Å². The maximum absolute atomic E-state index is 11.9. The van der Waals surface area contributed by atoms with E-state index in [1.807, 2.05) is 13.8 Å². The maximum atomic E-state index is 11.9. The molecule has 1 N–H and O–H groups in total. The SMILES string of the molecule is CC(C)OCCN(C)C(=O)CC(C)(C)CC(=O)O. The van der Waals surface area contributed by atoms with Gasteiger partial charge in [-0.05, 0) is 19.3 Å². The third-order valence-corrected chi connectivity index (χ3v) is 2.56. The van der Waals surface area contributed by atoms with Crippen molar-refractivity contribution in [3.8, 4) is 0 Å². The van der Waals surface area contributed by atoms with Gasteiger partial charge < -0.3 is 14.7 Å². The Bertz CT molecular complexity index is 287. The van der Waals surface area contributed by atoms with E-state index in [1.165, 1.54) is 0 Å². The summed E-state index contributed by atoms with van der Waals surface area (Å²) < 4.78 is 5.37. The molecule has 0 spiro atoms. The van der Waals surface area contributed by atoms with Crippen LogP contribution in [-0.2, 0) is 14.3 Å². The number of carboxylic acid groups (broad SMARTS) is 1. The normalized spacial score (nSPS) is 11.7. The number of hydrogen-bond donors (Lipinski definition) is 1. The summed E-state index contributed by atoms with van der Waals surface area (Å²) >= 11 is 0. The van der Waals surface area contributed by atoms with Crippen molar-refractivity contribution in [1.82, 2.24) is 4.90 Å². The van der Waals surface area contributed by atoms with Gasteiger partial charge in [0, 0.05) is 20.0 Å². The summed E-state index contributed by atoms with van der Waals surface area (Å²) in [5.41, 5.74) is -0.518. The molecule has 0 fully saturated rings. The van der Waals surface area contributed by atoms with Gasteiger partial charge in [-0.25, -0.2) is 0 Å². The van der Waals surface area contributed by atoms with E-state index >= 15 is 0 Å². The number of aliphatic carboxylic acids is 1. The van der Waals surface area contributed by atoms with Crippen molar-refractivity contribution >= 4 is 11.9 Å². The predicted molar refractivity (Wildman–Crippen MR) is 69.4 cm³/mol. The van der Waals surface area contributed by atoms with Crippen molar-refractivity contribution in [1.29, 1.82) is 0 Å². The fraction of sp³-hybridized carbons (Fsp3) is 0.846. The van der Waals surface area contributed by atoms with Crippen LogP contribution >= 0.6 is 0 Å². The Labute approximate surface area is 109 Å². The van der Waals surface area contributed by atoms with E-state index in [0.717, 1.165) is 0 Å². The molecule has 0 aliphatic carbocycles. The number of rotatable bonds is 8. The lowest BCUT2D eigenvalue weighted by Crippen LogP contribution is -2.34. The average Bonchev–Trinajstić information content (AvgIpc) is 2.13. The first-order valence-corrected chi connectivity index (χ1v) is 6.21. The molecule has 0 rings (SSSR count). The Morgan fingerprint density at radius 3 is 2.28 bits per heavy atom. The van der Waals surface area contributed by atoms with Crippen LogP contribution < -0.4 is 0 Å². The highest BCUT2D eigenvalue weighted by Gasteiger charge is 2.26. The number of amides is 1. The van der Waals surface area contributed by atoms with Gasteiger partial charge in [0.25, 0.3) is 0 Å². The van der Waals surface area contributed by atoms with Gasteiger partial charge >= 0.3 is 5.97 Å². The van der Waals surface area contributed by atoms with Crippen molar-refractivity contribution in [2.75, 3.05) is 20.2 Å². The molecule has 5 nitrogen and oxygen atoms in total. The van der Waals surface area contributed by atoms with Crippen LogP contribution in [-0.4, -0.2) is 48.2 Å². The zero-order valence-corrected chi connectivity index (χ0v) is 12.0. The summed E-state index contributed by atoms with van der Waals surface area (Å²) in [4.78, 5) is 24.2. The van der Waals surface area contributed by atoms with Crippen LogP contribution in [0.4, 0.5) is 0 Å². The van der Waals surface area contributed by atoms with E-state index in [0.29, 0.717) is 13.2 Å². The molecule has 0 aromatic rings. The Balaban J connectivity index is 4.10. The van der Waals surface area contributed by atoms with Gasteiger partial charge in [0.1, 0.15) is 0 Å². The molecule has 0 bridgehead atoms. The van der Waals surface area contributed by atoms with Crippen LogP contribution in [0.3, 0.4) is 0 Å². The summed E-state index contributed by atoms with van der Waals surface area (Å²) in [6, 6.07) is 0. The number of carbonyl (C=O) groups is 2. The van der Waals surface area contributed by atoms with Crippen LogP contribution in [0.2, 0.25) is 0 Å². The molecule has 1 amide bonds. The first kappa shape index (κ1) is 16.9. The highest BCUT2D eigenvalue weighted by molar-refractivity contribution is 5.77. The molecule has 106 valence electrons. The van der Waals surface area contributed by atoms with Gasteiger partial charge in [0.2, 0.25) is 5.91 Å². The lowest BCUT2D eigenvalue weighted by Gasteiger charge is -2.25. The van der Waals surface area contributed by atoms with Crippen molar-refractivity contribution in [2.45, 2.75) is 46.6 Å². The molecule has 0 unspecified atom stereocenters. The molecule has 0 atom stereocenters. The fourth-order valence-corrected chi connectivity index (χ4v) is 1.57. The minimum absolute atomic E-state index is 0.00489. The smallest absolute Gasteiger partial charge is 0.303 e. The second kappa shape index (κ2) is 7.36. The van der Waals surface area contributed by atoms with Crippen LogP contribution in [0.25, 0.3) is 0 Å². The van der Waals surface area contributed by atoms with E-state index in [2.05, 4.69) is 0 Å². The first-order valence-electron chi connectivity index (χ1n) is 6.21. The minimum atomic E-state index is -0.876. The van der Waals surface area contributed by atoms with Gasteiger partial charge in [0.05, 0.1) is 19.1 Å². The predicted octanol–water partition coefficient (Wildman–Crippen LogP) is 1.76. The molecule has 0 heterocycles. The number of ether oxygens (including phenoxy) is 1. The maximum Gasteiger partial charge on any atom is 0.303 e. The van der Waals surface area contributed by atoms with Gasteiger partial charge in [-0.3, -0.25) is 9.59 Å². The third kappa shape index (κ3) is 8.06. The number of carboxylic acids is 1. The zero-order valence-electron chi connectivity index (χ0n) is 12.0. The topological polar surface area (TPSA) is 66.8 Å².